The molecule has 0 aromatic heterocycles. The fourth-order valence-electron chi connectivity index (χ4n) is 3.81. The molecule has 7 heteroatoms. The minimum Gasteiger partial charge on any atom is -0.508 e. The number of rotatable bonds is 3. The van der Waals surface area contributed by atoms with E-state index < -0.39 is 11.9 Å². The number of ketones is 1. The average Bonchev–Trinajstić information content (AvgIpc) is 2.72. The number of carbonyl (C=O) groups excluding carboxylic acids is 1. The van der Waals surface area contributed by atoms with E-state index in [4.69, 9.17) is 4.74 Å². The number of nitrogens with zero attached hydrogens (tertiary/aromatic N) is 2. The van der Waals surface area contributed by atoms with E-state index in [1.807, 2.05) is 6.20 Å². The van der Waals surface area contributed by atoms with E-state index in [9.17, 15) is 20.1 Å². The van der Waals surface area contributed by atoms with Crippen molar-refractivity contribution in [2.24, 2.45) is 0 Å². The number of hydrogen-bond donors (Lipinski definition) is 3. The number of likely N-dealkylation sites (N-methyl/N-ethyl adjacent to an activating group) is 1. The van der Waals surface area contributed by atoms with Gasteiger partial charge in [-0.3, -0.25) is 4.79 Å². The first-order chi connectivity index (χ1) is 14.0. The van der Waals surface area contributed by atoms with Crippen molar-refractivity contribution < 1.29 is 24.9 Å². The van der Waals surface area contributed by atoms with Gasteiger partial charge in [-0.15, -0.1) is 0 Å². The first-order valence-corrected chi connectivity index (χ1v) is 9.70. The summed E-state index contributed by atoms with van der Waals surface area (Å²) in [5.41, 5.74) is 1.53. The topological polar surface area (TPSA) is 93.5 Å². The lowest BCUT2D eigenvalue weighted by Crippen LogP contribution is -2.44. The standard InChI is InChI=1S/C22H24N2O5/c1-2-23-7-9-24(10-8-23)12-16-18(26)11-19(27)20-21(28)17(13-29-22(16)20)14-3-5-15(25)6-4-14/h3-6,11-13,22,25-26,28H,2,7-10H2,1H3/b16-12-. The number of phenols is 1. The number of aliphatic hydroxyl groups excluding tert-OH is 2. The summed E-state index contributed by atoms with van der Waals surface area (Å²) in [6.45, 7) is 6.60. The lowest BCUT2D eigenvalue weighted by molar-refractivity contribution is -0.112. The van der Waals surface area contributed by atoms with E-state index in [0.29, 0.717) is 16.7 Å². The number of aromatic hydroxyl groups is 1. The molecule has 3 N–H and O–H groups in total. The summed E-state index contributed by atoms with van der Waals surface area (Å²) >= 11 is 0. The molecular formula is C22H24N2O5. The quantitative estimate of drug-likeness (QED) is 0.723. The van der Waals surface area contributed by atoms with Crippen LogP contribution in [0.4, 0.5) is 0 Å². The van der Waals surface area contributed by atoms with Crippen molar-refractivity contribution in [3.63, 3.8) is 0 Å². The summed E-state index contributed by atoms with van der Waals surface area (Å²) in [6.07, 6.45) is 3.48. The molecule has 1 aliphatic carbocycles. The monoisotopic (exact) mass is 396 g/mol. The van der Waals surface area contributed by atoms with Crippen LogP contribution >= 0.6 is 0 Å². The molecule has 152 valence electrons. The van der Waals surface area contributed by atoms with Gasteiger partial charge in [-0.25, -0.2) is 0 Å². The highest BCUT2D eigenvalue weighted by molar-refractivity contribution is 6.10. The molecule has 3 aliphatic rings. The molecule has 2 heterocycles. The number of allylic oxidation sites excluding steroid dienone is 2. The summed E-state index contributed by atoms with van der Waals surface area (Å²) in [4.78, 5) is 17.0. The van der Waals surface area contributed by atoms with Crippen molar-refractivity contribution in [3.8, 4) is 5.75 Å². The Hall–Kier alpha value is -3.19. The molecule has 1 atom stereocenters. The molecule has 1 saturated heterocycles. The van der Waals surface area contributed by atoms with Crippen LogP contribution in [0.1, 0.15) is 12.5 Å². The molecular weight excluding hydrogens is 372 g/mol. The Balaban J connectivity index is 1.65. The van der Waals surface area contributed by atoms with E-state index in [0.717, 1.165) is 38.8 Å². The molecule has 2 aliphatic heterocycles. The molecule has 4 rings (SSSR count). The maximum atomic E-state index is 12.6. The van der Waals surface area contributed by atoms with Crippen molar-refractivity contribution in [2.45, 2.75) is 13.0 Å². The molecule has 1 aromatic carbocycles. The first-order valence-electron chi connectivity index (χ1n) is 9.70. The van der Waals surface area contributed by atoms with Gasteiger partial charge in [0.15, 0.2) is 11.9 Å². The lowest BCUT2D eigenvalue weighted by atomic mass is 9.86. The Kier molecular flexibility index (Phi) is 5.07. The van der Waals surface area contributed by atoms with E-state index in [2.05, 4.69) is 16.7 Å². The maximum Gasteiger partial charge on any atom is 0.193 e. The van der Waals surface area contributed by atoms with Crippen LogP contribution in [0.15, 0.2) is 65.5 Å². The van der Waals surface area contributed by atoms with Crippen LogP contribution in [0.5, 0.6) is 5.75 Å². The van der Waals surface area contributed by atoms with Crippen molar-refractivity contribution in [1.82, 2.24) is 9.80 Å². The fourth-order valence-corrected chi connectivity index (χ4v) is 3.81. The van der Waals surface area contributed by atoms with Gasteiger partial charge in [-0.2, -0.15) is 0 Å². The van der Waals surface area contributed by atoms with E-state index >= 15 is 0 Å². The number of piperazine rings is 1. The molecule has 0 spiro atoms. The molecule has 0 radical (unpaired) electrons. The second-order valence-electron chi connectivity index (χ2n) is 7.31. The zero-order chi connectivity index (χ0) is 20.5. The van der Waals surface area contributed by atoms with Gasteiger partial charge in [0.2, 0.25) is 0 Å². The predicted octanol–water partition coefficient (Wildman–Crippen LogP) is 2.49. The molecule has 1 fully saturated rings. The van der Waals surface area contributed by atoms with Crippen LogP contribution < -0.4 is 0 Å². The van der Waals surface area contributed by atoms with Crippen LogP contribution in [0.25, 0.3) is 5.57 Å². The van der Waals surface area contributed by atoms with Crippen LogP contribution in [0.2, 0.25) is 0 Å². The predicted molar refractivity (Wildman–Crippen MR) is 108 cm³/mol. The third-order valence-electron chi connectivity index (χ3n) is 5.56. The largest absolute Gasteiger partial charge is 0.508 e. The number of ether oxygens (including phenoxy) is 1. The summed E-state index contributed by atoms with van der Waals surface area (Å²) in [5, 5.41) is 30.7. The maximum absolute atomic E-state index is 12.6. The molecule has 1 aromatic rings. The van der Waals surface area contributed by atoms with Crippen LogP contribution in [0, 0.1) is 0 Å². The van der Waals surface area contributed by atoms with Gasteiger partial charge >= 0.3 is 0 Å². The fraction of sp³-hybridized carbons (Fsp3) is 0.318. The molecule has 29 heavy (non-hydrogen) atoms. The first kappa shape index (κ1) is 19.1. The highest BCUT2D eigenvalue weighted by Gasteiger charge is 2.39. The number of hydrogen-bond acceptors (Lipinski definition) is 7. The van der Waals surface area contributed by atoms with Gasteiger partial charge in [0.25, 0.3) is 0 Å². The third kappa shape index (κ3) is 3.61. The van der Waals surface area contributed by atoms with Gasteiger partial charge in [-0.05, 0) is 24.2 Å². The molecule has 0 saturated carbocycles. The smallest absolute Gasteiger partial charge is 0.193 e. The van der Waals surface area contributed by atoms with Gasteiger partial charge in [0.05, 0.1) is 23.0 Å². The minimum atomic E-state index is -0.863. The second-order valence-corrected chi connectivity index (χ2v) is 7.31. The van der Waals surface area contributed by atoms with Crippen LogP contribution in [0.3, 0.4) is 0 Å². The Morgan fingerprint density at radius 2 is 1.79 bits per heavy atom. The highest BCUT2D eigenvalue weighted by Crippen LogP contribution is 2.38. The molecule has 1 unspecified atom stereocenters. The van der Waals surface area contributed by atoms with Crippen LogP contribution in [-0.2, 0) is 9.53 Å². The number of phenolic OH excluding ortho intramolecular Hbond substituents is 1. The molecule has 0 bridgehead atoms. The number of benzene rings is 1. The van der Waals surface area contributed by atoms with E-state index in [1.54, 1.807) is 12.1 Å². The third-order valence-corrected chi connectivity index (χ3v) is 5.56. The van der Waals surface area contributed by atoms with E-state index in [1.165, 1.54) is 18.4 Å². The van der Waals surface area contributed by atoms with Gasteiger partial charge in [-0.1, -0.05) is 19.1 Å². The second kappa shape index (κ2) is 7.67. The Bertz CT molecular complexity index is 934. The minimum absolute atomic E-state index is 0.103. The van der Waals surface area contributed by atoms with Crippen molar-refractivity contribution in [2.75, 3.05) is 32.7 Å². The number of aliphatic hydroxyl groups is 2. The van der Waals surface area contributed by atoms with Gasteiger partial charge < -0.3 is 29.9 Å². The van der Waals surface area contributed by atoms with Crippen molar-refractivity contribution in [3.05, 3.63) is 71.0 Å². The Morgan fingerprint density at radius 3 is 2.45 bits per heavy atom. The Morgan fingerprint density at radius 1 is 1.10 bits per heavy atom. The van der Waals surface area contributed by atoms with Gasteiger partial charge in [0.1, 0.15) is 17.3 Å². The van der Waals surface area contributed by atoms with E-state index in [-0.39, 0.29) is 22.8 Å². The molecule has 7 nitrogen and oxygen atoms in total. The Labute approximate surface area is 169 Å². The number of fused-ring (bicyclic) bond motifs is 1. The zero-order valence-electron chi connectivity index (χ0n) is 16.2. The number of carbonyl (C=O) groups is 1. The van der Waals surface area contributed by atoms with Gasteiger partial charge in [0, 0.05) is 38.5 Å². The summed E-state index contributed by atoms with van der Waals surface area (Å²) in [5.74, 6) is -0.702. The normalized spacial score (nSPS) is 24.2. The highest BCUT2D eigenvalue weighted by atomic mass is 16.5. The lowest BCUT2D eigenvalue weighted by Gasteiger charge is -2.35. The van der Waals surface area contributed by atoms with Crippen LogP contribution in [-0.4, -0.2) is 69.7 Å². The summed E-state index contributed by atoms with van der Waals surface area (Å²) < 4.78 is 5.82. The van der Waals surface area contributed by atoms with Crippen molar-refractivity contribution >= 4 is 11.4 Å². The SMILES string of the molecule is CCN1CCN(/C=C2/C(O)=CC(=O)C3=C(O)C(c4ccc(O)cc4)=COC32)CC1. The average molecular weight is 396 g/mol. The zero-order valence-corrected chi connectivity index (χ0v) is 16.2. The summed E-state index contributed by atoms with van der Waals surface area (Å²) in [6, 6.07) is 6.25. The van der Waals surface area contributed by atoms with Crippen molar-refractivity contribution in [1.29, 1.82) is 0 Å². The molecule has 0 amide bonds. The summed E-state index contributed by atoms with van der Waals surface area (Å²) in [7, 11) is 0.